The Bertz CT molecular complexity index is 1200. The number of hydrogen-bond donors (Lipinski definition) is 0. The van der Waals surface area contributed by atoms with Crippen molar-refractivity contribution in [3.05, 3.63) is 120 Å². The quantitative estimate of drug-likeness (QED) is 0.243. The summed E-state index contributed by atoms with van der Waals surface area (Å²) in [6.45, 7) is 4.71. The van der Waals surface area contributed by atoms with Gasteiger partial charge in [0.05, 0.1) is 0 Å². The molecule has 0 heterocycles. The second-order valence-corrected chi connectivity index (χ2v) is 12.2. The summed E-state index contributed by atoms with van der Waals surface area (Å²) in [4.78, 5) is 0. The van der Waals surface area contributed by atoms with E-state index < -0.39 is 0 Å². The van der Waals surface area contributed by atoms with Gasteiger partial charge in [-0.2, -0.15) is 0 Å². The zero-order valence-electron chi connectivity index (χ0n) is 24.0. The van der Waals surface area contributed by atoms with Crippen molar-refractivity contribution in [2.45, 2.75) is 77.0 Å². The van der Waals surface area contributed by atoms with Crippen molar-refractivity contribution < 1.29 is 8.78 Å². The first-order valence-corrected chi connectivity index (χ1v) is 15.2. The van der Waals surface area contributed by atoms with E-state index in [9.17, 15) is 8.78 Å². The first-order chi connectivity index (χ1) is 19.4. The Morgan fingerprint density at radius 3 is 0.900 bits per heavy atom. The molecule has 0 spiro atoms. The fourth-order valence-corrected chi connectivity index (χ4v) is 6.37. The maximum atomic E-state index is 12.9. The van der Waals surface area contributed by atoms with Gasteiger partial charge in [-0.25, -0.2) is 8.78 Å². The predicted octanol–water partition coefficient (Wildman–Crippen LogP) is 11.6. The van der Waals surface area contributed by atoms with Gasteiger partial charge in [0.2, 0.25) is 0 Å². The fourth-order valence-electron chi connectivity index (χ4n) is 6.37. The average Bonchev–Trinajstić information content (AvgIpc) is 2.99. The Morgan fingerprint density at radius 1 is 0.375 bits per heavy atom. The van der Waals surface area contributed by atoms with E-state index in [1.54, 1.807) is 0 Å². The molecule has 0 aromatic heterocycles. The molecule has 4 aromatic rings. The number of halogens is 2. The minimum atomic E-state index is -0.179. The van der Waals surface area contributed by atoms with Gasteiger partial charge < -0.3 is 0 Å². The number of hydrogen-bond acceptors (Lipinski definition) is 0. The lowest BCUT2D eigenvalue weighted by Crippen LogP contribution is -2.10. The van der Waals surface area contributed by atoms with Crippen molar-refractivity contribution in [3.63, 3.8) is 0 Å². The highest BCUT2D eigenvalue weighted by Gasteiger charge is 2.20. The van der Waals surface area contributed by atoms with E-state index in [0.29, 0.717) is 0 Å². The Labute approximate surface area is 239 Å². The predicted molar refractivity (Wildman–Crippen MR) is 164 cm³/mol. The van der Waals surface area contributed by atoms with Gasteiger partial charge in [0.15, 0.2) is 0 Å². The lowest BCUT2D eigenvalue weighted by Gasteiger charge is -2.26. The molecular weight excluding hydrogens is 494 g/mol. The third kappa shape index (κ3) is 7.47. The van der Waals surface area contributed by atoms with E-state index in [2.05, 4.69) is 62.4 Å². The summed E-state index contributed by atoms with van der Waals surface area (Å²) in [6, 6.07) is 31.1. The third-order valence-corrected chi connectivity index (χ3v) is 9.15. The van der Waals surface area contributed by atoms with Crippen LogP contribution in [0.3, 0.4) is 0 Å². The Morgan fingerprint density at radius 2 is 0.625 bits per heavy atom. The van der Waals surface area contributed by atoms with Gasteiger partial charge >= 0.3 is 0 Å². The molecule has 2 heteroatoms. The third-order valence-electron chi connectivity index (χ3n) is 9.15. The fraction of sp³-hybridized carbons (Fsp3) is 0.368. The minimum absolute atomic E-state index is 0.179. The van der Waals surface area contributed by atoms with Crippen LogP contribution < -0.4 is 0 Å². The second-order valence-electron chi connectivity index (χ2n) is 12.2. The molecule has 0 unspecified atom stereocenters. The zero-order chi connectivity index (χ0) is 27.9. The topological polar surface area (TPSA) is 0 Å². The summed E-state index contributed by atoms with van der Waals surface area (Å²) in [5, 5.41) is 0. The van der Waals surface area contributed by atoms with Crippen molar-refractivity contribution >= 4 is 0 Å². The molecular formula is C38H42F2. The van der Waals surface area contributed by atoms with E-state index in [1.807, 2.05) is 24.3 Å². The molecule has 0 amide bonds. The highest BCUT2D eigenvalue weighted by Crippen LogP contribution is 2.37. The van der Waals surface area contributed by atoms with Crippen molar-refractivity contribution in [1.29, 1.82) is 0 Å². The van der Waals surface area contributed by atoms with Gasteiger partial charge in [0, 0.05) is 0 Å². The van der Waals surface area contributed by atoms with Crippen LogP contribution in [0.15, 0.2) is 97.1 Å². The SMILES string of the molecule is CC1CCC(c2ccc(-c3ccc(F)cc3)cc2)CC1.CC1CCC(c2ccc(-c3ccc(F)cc3)cc2)CC1. The molecule has 0 nitrogen and oxygen atoms in total. The summed E-state index contributed by atoms with van der Waals surface area (Å²) >= 11 is 0. The van der Waals surface area contributed by atoms with E-state index in [0.717, 1.165) is 45.9 Å². The molecule has 40 heavy (non-hydrogen) atoms. The number of benzene rings is 4. The van der Waals surface area contributed by atoms with Gasteiger partial charge in [-0.1, -0.05) is 112 Å². The highest BCUT2D eigenvalue weighted by molar-refractivity contribution is 5.64. The van der Waals surface area contributed by atoms with Gasteiger partial charge in [-0.15, -0.1) is 0 Å². The normalized spacial score (nSPS) is 22.7. The molecule has 2 aliphatic carbocycles. The minimum Gasteiger partial charge on any atom is -0.207 e. The smallest absolute Gasteiger partial charge is 0.123 e. The van der Waals surface area contributed by atoms with Crippen LogP contribution in [0.1, 0.15) is 88.2 Å². The van der Waals surface area contributed by atoms with Gasteiger partial charge in [0.1, 0.15) is 11.6 Å². The van der Waals surface area contributed by atoms with Crippen LogP contribution in [0.2, 0.25) is 0 Å². The van der Waals surface area contributed by atoms with Gasteiger partial charge in [-0.05, 0) is 107 Å². The zero-order valence-corrected chi connectivity index (χ0v) is 24.0. The Kier molecular flexibility index (Phi) is 9.47. The van der Waals surface area contributed by atoms with Crippen LogP contribution in [0.25, 0.3) is 22.3 Å². The molecule has 0 bridgehead atoms. The van der Waals surface area contributed by atoms with Crippen LogP contribution in [-0.2, 0) is 0 Å². The molecule has 0 N–H and O–H groups in total. The van der Waals surface area contributed by atoms with Crippen LogP contribution in [0, 0.1) is 23.5 Å². The first-order valence-electron chi connectivity index (χ1n) is 15.2. The van der Waals surface area contributed by atoms with Crippen molar-refractivity contribution in [2.24, 2.45) is 11.8 Å². The molecule has 6 rings (SSSR count). The van der Waals surface area contributed by atoms with Crippen molar-refractivity contribution in [2.75, 3.05) is 0 Å². The Balaban J connectivity index is 0.000000161. The molecule has 208 valence electrons. The molecule has 2 aliphatic rings. The molecule has 2 fully saturated rings. The average molecular weight is 537 g/mol. The van der Waals surface area contributed by atoms with Crippen molar-refractivity contribution in [3.8, 4) is 22.3 Å². The van der Waals surface area contributed by atoms with Crippen LogP contribution in [-0.4, -0.2) is 0 Å². The van der Waals surface area contributed by atoms with Crippen LogP contribution >= 0.6 is 0 Å². The van der Waals surface area contributed by atoms with Gasteiger partial charge in [0.25, 0.3) is 0 Å². The summed E-state index contributed by atoms with van der Waals surface area (Å²) in [6.07, 6.45) is 10.7. The summed E-state index contributed by atoms with van der Waals surface area (Å²) < 4.78 is 25.9. The molecule has 0 aliphatic heterocycles. The maximum absolute atomic E-state index is 12.9. The monoisotopic (exact) mass is 536 g/mol. The molecule has 4 aromatic carbocycles. The molecule has 0 radical (unpaired) electrons. The van der Waals surface area contributed by atoms with E-state index in [1.165, 1.54) is 86.8 Å². The molecule has 0 atom stereocenters. The van der Waals surface area contributed by atoms with Crippen molar-refractivity contribution in [1.82, 2.24) is 0 Å². The summed E-state index contributed by atoms with van der Waals surface area (Å²) in [5.41, 5.74) is 7.41. The lowest BCUT2D eigenvalue weighted by atomic mass is 9.79. The van der Waals surface area contributed by atoms with E-state index in [4.69, 9.17) is 0 Å². The Hall–Kier alpha value is -3.26. The lowest BCUT2D eigenvalue weighted by molar-refractivity contribution is 0.348. The largest absolute Gasteiger partial charge is 0.207 e. The van der Waals surface area contributed by atoms with Crippen LogP contribution in [0.4, 0.5) is 8.78 Å². The van der Waals surface area contributed by atoms with E-state index >= 15 is 0 Å². The maximum Gasteiger partial charge on any atom is 0.123 e. The summed E-state index contributed by atoms with van der Waals surface area (Å²) in [7, 11) is 0. The summed E-state index contributed by atoms with van der Waals surface area (Å²) in [5.74, 6) is 2.89. The van der Waals surface area contributed by atoms with E-state index in [-0.39, 0.29) is 11.6 Å². The highest BCUT2D eigenvalue weighted by atomic mass is 19.1. The second kappa shape index (κ2) is 13.4. The molecule has 0 saturated heterocycles. The first kappa shape index (κ1) is 28.3. The number of rotatable bonds is 4. The standard InChI is InChI=1S/2C19H21F/c2*1-14-2-4-15(5-3-14)16-6-8-17(9-7-16)18-10-12-19(20)13-11-18/h2*6-15H,2-5H2,1H3. The van der Waals surface area contributed by atoms with Gasteiger partial charge in [-0.3, -0.25) is 0 Å². The molecule has 2 saturated carbocycles. The van der Waals surface area contributed by atoms with Crippen LogP contribution in [0.5, 0.6) is 0 Å².